The summed E-state index contributed by atoms with van der Waals surface area (Å²) >= 11 is 0. The van der Waals surface area contributed by atoms with Gasteiger partial charge in [-0.1, -0.05) is 26.3 Å². The van der Waals surface area contributed by atoms with E-state index >= 15 is 0 Å². The van der Waals surface area contributed by atoms with Crippen LogP contribution in [0.3, 0.4) is 0 Å². The SMILES string of the molecule is [2H]C([2H])([2H])OC(=O)/C(=C/CC)CCC. The number of ether oxygens (including phenoxy) is 1. The van der Waals surface area contributed by atoms with E-state index in [0.29, 0.717) is 18.4 Å². The van der Waals surface area contributed by atoms with E-state index in [4.69, 9.17) is 4.11 Å². The summed E-state index contributed by atoms with van der Waals surface area (Å²) in [5.41, 5.74) is 0.450. The second kappa shape index (κ2) is 5.96. The lowest BCUT2D eigenvalue weighted by atomic mass is 10.1. The van der Waals surface area contributed by atoms with E-state index in [1.165, 1.54) is 0 Å². The number of allylic oxidation sites excluding steroid dienone is 1. The van der Waals surface area contributed by atoms with Gasteiger partial charge in [-0.3, -0.25) is 0 Å². The predicted molar refractivity (Wildman–Crippen MR) is 45.3 cm³/mol. The molecule has 0 aliphatic rings. The van der Waals surface area contributed by atoms with Gasteiger partial charge in [-0.05, 0) is 12.8 Å². The summed E-state index contributed by atoms with van der Waals surface area (Å²) in [6.45, 7) is 3.81. The first-order valence-corrected chi connectivity index (χ1v) is 3.83. The van der Waals surface area contributed by atoms with Crippen LogP contribution in [0.4, 0.5) is 0 Å². The number of hydrogen-bond acceptors (Lipinski definition) is 2. The Labute approximate surface area is 72.5 Å². The molecular formula is C9H16O2. The standard InChI is InChI=1S/C9H16O2/c1-4-6-8(7-5-2)9(10)11-3/h6H,4-5,7H2,1-3H3/b8-6+/i3D3. The minimum Gasteiger partial charge on any atom is -0.466 e. The van der Waals surface area contributed by atoms with Crippen molar-refractivity contribution in [2.24, 2.45) is 0 Å². The Morgan fingerprint density at radius 1 is 1.64 bits per heavy atom. The Hall–Kier alpha value is -0.790. The number of hydrogen-bond donors (Lipinski definition) is 0. The minimum atomic E-state index is -2.64. The quantitative estimate of drug-likeness (QED) is 0.464. The molecule has 0 saturated carbocycles. The van der Waals surface area contributed by atoms with Crippen molar-refractivity contribution in [3.63, 3.8) is 0 Å². The van der Waals surface area contributed by atoms with Crippen molar-refractivity contribution in [1.82, 2.24) is 0 Å². The normalized spacial score (nSPS) is 16.5. The lowest BCUT2D eigenvalue weighted by Crippen LogP contribution is -2.04. The Bertz CT molecular complexity index is 219. The van der Waals surface area contributed by atoms with E-state index in [1.54, 1.807) is 6.08 Å². The van der Waals surface area contributed by atoms with E-state index in [0.717, 1.165) is 6.42 Å². The number of esters is 1. The highest BCUT2D eigenvalue weighted by Gasteiger charge is 2.06. The molecule has 0 saturated heterocycles. The Balaban J connectivity index is 4.38. The largest absolute Gasteiger partial charge is 0.466 e. The molecule has 64 valence electrons. The topological polar surface area (TPSA) is 26.3 Å². The summed E-state index contributed by atoms with van der Waals surface area (Å²) in [7, 11) is -2.64. The fourth-order valence-electron chi connectivity index (χ4n) is 0.869. The minimum absolute atomic E-state index is 0.450. The van der Waals surface area contributed by atoms with Crippen LogP contribution in [0.25, 0.3) is 0 Å². The van der Waals surface area contributed by atoms with Gasteiger partial charge in [0.1, 0.15) is 0 Å². The summed E-state index contributed by atoms with van der Waals surface area (Å²) in [5.74, 6) is -0.728. The monoisotopic (exact) mass is 159 g/mol. The fraction of sp³-hybridized carbons (Fsp3) is 0.667. The molecule has 0 N–H and O–H groups in total. The molecule has 0 amide bonds. The maximum atomic E-state index is 11.3. The number of rotatable bonds is 4. The second-order valence-corrected chi connectivity index (χ2v) is 2.28. The van der Waals surface area contributed by atoms with Crippen LogP contribution in [-0.2, 0) is 9.53 Å². The lowest BCUT2D eigenvalue weighted by Gasteiger charge is -2.01. The average Bonchev–Trinajstić information content (AvgIpc) is 2.01. The van der Waals surface area contributed by atoms with Gasteiger partial charge in [0, 0.05) is 5.57 Å². The highest BCUT2D eigenvalue weighted by Crippen LogP contribution is 2.07. The fourth-order valence-corrected chi connectivity index (χ4v) is 0.869. The molecule has 0 atom stereocenters. The average molecular weight is 159 g/mol. The van der Waals surface area contributed by atoms with Gasteiger partial charge in [-0.25, -0.2) is 4.79 Å². The molecule has 0 aliphatic heterocycles. The van der Waals surface area contributed by atoms with Gasteiger partial charge in [0.05, 0.1) is 11.2 Å². The first-order chi connectivity index (χ1) is 6.40. The smallest absolute Gasteiger partial charge is 0.333 e. The highest BCUT2D eigenvalue weighted by molar-refractivity contribution is 5.88. The third-order valence-corrected chi connectivity index (χ3v) is 1.32. The summed E-state index contributed by atoms with van der Waals surface area (Å²) in [5, 5.41) is 0. The first-order valence-electron chi connectivity index (χ1n) is 5.33. The molecular weight excluding hydrogens is 140 g/mol. The molecule has 0 aromatic carbocycles. The Morgan fingerprint density at radius 2 is 2.36 bits per heavy atom. The third-order valence-electron chi connectivity index (χ3n) is 1.32. The van der Waals surface area contributed by atoms with Crippen LogP contribution < -0.4 is 0 Å². The van der Waals surface area contributed by atoms with Crippen LogP contribution in [0.5, 0.6) is 0 Å². The molecule has 0 aromatic heterocycles. The van der Waals surface area contributed by atoms with Crippen LogP contribution >= 0.6 is 0 Å². The zero-order valence-corrected chi connectivity index (χ0v) is 7.02. The molecule has 0 heterocycles. The summed E-state index contributed by atoms with van der Waals surface area (Å²) in [4.78, 5) is 11.3. The molecule has 0 spiro atoms. The van der Waals surface area contributed by atoms with Crippen molar-refractivity contribution < 1.29 is 13.6 Å². The van der Waals surface area contributed by atoms with Crippen molar-refractivity contribution in [1.29, 1.82) is 0 Å². The van der Waals surface area contributed by atoms with E-state index in [2.05, 4.69) is 4.74 Å². The zero-order valence-electron chi connectivity index (χ0n) is 10.0. The molecule has 0 aromatic rings. The van der Waals surface area contributed by atoms with Crippen LogP contribution in [0.2, 0.25) is 0 Å². The van der Waals surface area contributed by atoms with Crippen LogP contribution in [0.15, 0.2) is 11.6 Å². The van der Waals surface area contributed by atoms with Crippen molar-refractivity contribution in [2.45, 2.75) is 33.1 Å². The summed E-state index contributed by atoms with van der Waals surface area (Å²) < 4.78 is 24.6. The van der Waals surface area contributed by atoms with Gasteiger partial charge in [0.15, 0.2) is 0 Å². The van der Waals surface area contributed by atoms with E-state index < -0.39 is 13.0 Å². The molecule has 11 heavy (non-hydrogen) atoms. The zero-order chi connectivity index (χ0) is 11.2. The van der Waals surface area contributed by atoms with Gasteiger partial charge in [0.2, 0.25) is 0 Å². The van der Waals surface area contributed by atoms with Crippen LogP contribution in [-0.4, -0.2) is 13.0 Å². The predicted octanol–water partition coefficient (Wildman–Crippen LogP) is 2.30. The van der Waals surface area contributed by atoms with Crippen LogP contribution in [0.1, 0.15) is 37.2 Å². The number of carbonyl (C=O) groups is 1. The Kier molecular flexibility index (Phi) is 3.14. The van der Waals surface area contributed by atoms with Crippen molar-refractivity contribution in [3.8, 4) is 0 Å². The van der Waals surface area contributed by atoms with Crippen molar-refractivity contribution in [2.75, 3.05) is 7.04 Å². The Morgan fingerprint density at radius 3 is 2.82 bits per heavy atom. The number of methoxy groups -OCH3 is 1. The summed E-state index contributed by atoms with van der Waals surface area (Å²) in [6, 6.07) is 0. The van der Waals surface area contributed by atoms with Crippen molar-refractivity contribution >= 4 is 5.97 Å². The third kappa shape index (κ3) is 3.81. The van der Waals surface area contributed by atoms with Crippen molar-refractivity contribution in [3.05, 3.63) is 11.6 Å². The van der Waals surface area contributed by atoms with Gasteiger partial charge in [-0.15, -0.1) is 0 Å². The molecule has 0 bridgehead atoms. The van der Waals surface area contributed by atoms with E-state index in [9.17, 15) is 4.79 Å². The van der Waals surface area contributed by atoms with E-state index in [1.807, 2.05) is 13.8 Å². The van der Waals surface area contributed by atoms with Gasteiger partial charge in [0.25, 0.3) is 0 Å². The van der Waals surface area contributed by atoms with Crippen LogP contribution in [0, 0.1) is 0 Å². The molecule has 0 unspecified atom stereocenters. The molecule has 0 radical (unpaired) electrons. The van der Waals surface area contributed by atoms with Gasteiger partial charge < -0.3 is 4.74 Å². The molecule has 2 nitrogen and oxygen atoms in total. The van der Waals surface area contributed by atoms with Gasteiger partial charge >= 0.3 is 5.97 Å². The van der Waals surface area contributed by atoms with E-state index in [-0.39, 0.29) is 0 Å². The maximum Gasteiger partial charge on any atom is 0.333 e. The molecule has 0 rings (SSSR count). The highest BCUT2D eigenvalue weighted by atomic mass is 16.5. The molecule has 0 aliphatic carbocycles. The molecule has 0 fully saturated rings. The second-order valence-electron chi connectivity index (χ2n) is 2.28. The lowest BCUT2D eigenvalue weighted by molar-refractivity contribution is -0.136. The summed E-state index contributed by atoms with van der Waals surface area (Å²) in [6.07, 6.45) is 3.76. The molecule has 2 heteroatoms. The maximum absolute atomic E-state index is 11.3. The first kappa shape index (κ1) is 5.81. The number of carbonyl (C=O) groups excluding carboxylic acids is 1. The van der Waals surface area contributed by atoms with Gasteiger partial charge in [-0.2, -0.15) is 0 Å².